The second-order valence-corrected chi connectivity index (χ2v) is 10.3. The van der Waals surface area contributed by atoms with E-state index in [2.05, 4.69) is 54.5 Å². The van der Waals surface area contributed by atoms with Crippen LogP contribution in [-0.4, -0.2) is 91.5 Å². The minimum atomic E-state index is -0.196. The molecule has 2 saturated heterocycles. The molecule has 0 radical (unpaired) electrons. The van der Waals surface area contributed by atoms with Gasteiger partial charge in [0.2, 0.25) is 0 Å². The van der Waals surface area contributed by atoms with Crippen molar-refractivity contribution >= 4 is 33.1 Å². The minimum Gasteiger partial charge on any atom is -0.355 e. The van der Waals surface area contributed by atoms with Crippen LogP contribution in [0.2, 0.25) is 0 Å². The van der Waals surface area contributed by atoms with Gasteiger partial charge >= 0.3 is 0 Å². The van der Waals surface area contributed by atoms with Gasteiger partial charge in [-0.1, -0.05) is 13.0 Å². The highest BCUT2D eigenvalue weighted by Gasteiger charge is 2.37. The molecule has 0 unspecified atom stereocenters. The summed E-state index contributed by atoms with van der Waals surface area (Å²) < 4.78 is 0. The summed E-state index contributed by atoms with van der Waals surface area (Å²) in [6.45, 7) is 9.94. The van der Waals surface area contributed by atoms with Crippen LogP contribution in [0.1, 0.15) is 50.0 Å². The van der Waals surface area contributed by atoms with E-state index >= 15 is 0 Å². The van der Waals surface area contributed by atoms with Gasteiger partial charge < -0.3 is 20.0 Å². The maximum absolute atomic E-state index is 12.8. The van der Waals surface area contributed by atoms with Gasteiger partial charge in [-0.2, -0.15) is 0 Å². The normalized spacial score (nSPS) is 21.1. The number of nitrogens with zero attached hydrogens (tertiary/aromatic N) is 5. The molecule has 9 heteroatoms. The van der Waals surface area contributed by atoms with Gasteiger partial charge in [-0.15, -0.1) is 0 Å². The molecule has 34 heavy (non-hydrogen) atoms. The molecular weight excluding hydrogens is 422 g/mol. The maximum Gasteiger partial charge on any atom is 0.274 e. The van der Waals surface area contributed by atoms with Crippen LogP contribution in [0.5, 0.6) is 0 Å². The fourth-order valence-electron chi connectivity index (χ4n) is 5.35. The third kappa shape index (κ3) is 5.81. The van der Waals surface area contributed by atoms with Gasteiger partial charge in [-0.3, -0.25) is 9.78 Å². The third-order valence-corrected chi connectivity index (χ3v) is 7.77. The molecule has 0 saturated carbocycles. The van der Waals surface area contributed by atoms with Crippen molar-refractivity contribution in [2.75, 3.05) is 42.9 Å². The number of hydrogen-bond acceptors (Lipinski definition) is 6. The summed E-state index contributed by atoms with van der Waals surface area (Å²) in [6, 6.07) is 10.6. The van der Waals surface area contributed by atoms with Crippen LogP contribution in [0.25, 0.3) is 0 Å². The predicted molar refractivity (Wildman–Crippen MR) is 144 cm³/mol. The number of rotatable bonds is 6. The maximum atomic E-state index is 12.8. The Morgan fingerprint density at radius 1 is 1.12 bits per heavy atom. The Morgan fingerprint density at radius 3 is 2.56 bits per heavy atom. The molecule has 2 fully saturated rings. The van der Waals surface area contributed by atoms with Gasteiger partial charge in [0.1, 0.15) is 27.2 Å². The topological polar surface area (TPSA) is 64.6 Å². The molecule has 2 aliphatic heterocycles. The van der Waals surface area contributed by atoms with Gasteiger partial charge in [0, 0.05) is 49.8 Å². The highest BCUT2D eigenvalue weighted by Crippen LogP contribution is 2.28. The lowest BCUT2D eigenvalue weighted by molar-refractivity contribution is 0.0722. The molecular formula is C25H38B2N6O. The van der Waals surface area contributed by atoms with Crippen molar-refractivity contribution in [1.29, 1.82) is 0 Å². The largest absolute Gasteiger partial charge is 0.355 e. The van der Waals surface area contributed by atoms with E-state index in [4.69, 9.17) is 4.98 Å². The quantitative estimate of drug-likeness (QED) is 0.659. The first-order valence-electron chi connectivity index (χ1n) is 12.8. The molecule has 0 spiro atoms. The number of piperidine rings is 1. The summed E-state index contributed by atoms with van der Waals surface area (Å²) in [5.41, 5.74) is 1.16. The van der Waals surface area contributed by atoms with Crippen LogP contribution in [0.4, 0.5) is 11.5 Å². The first-order chi connectivity index (χ1) is 16.4. The van der Waals surface area contributed by atoms with Crippen molar-refractivity contribution in [2.45, 2.75) is 57.0 Å². The van der Waals surface area contributed by atoms with Crippen molar-refractivity contribution in [3.05, 3.63) is 48.4 Å². The van der Waals surface area contributed by atoms with E-state index in [1.165, 1.54) is 32.4 Å². The number of pyridine rings is 2. The highest BCUT2D eigenvalue weighted by molar-refractivity contribution is 6.40. The number of carbonyl (C=O) groups is 1. The van der Waals surface area contributed by atoms with E-state index in [1.54, 1.807) is 30.6 Å². The lowest BCUT2D eigenvalue weighted by Gasteiger charge is -2.47. The molecule has 0 aliphatic carbocycles. The third-order valence-electron chi connectivity index (χ3n) is 7.77. The number of likely N-dealkylation sites (tertiary alicyclic amines) is 1. The van der Waals surface area contributed by atoms with Gasteiger partial charge in [0.25, 0.3) is 5.91 Å². The Labute approximate surface area is 206 Å². The Morgan fingerprint density at radius 2 is 1.85 bits per heavy atom. The Hall–Kier alpha value is -2.38. The molecule has 7 nitrogen and oxygen atoms in total. The fourth-order valence-corrected chi connectivity index (χ4v) is 5.35. The predicted octanol–water partition coefficient (Wildman–Crippen LogP) is 1.42. The van der Waals surface area contributed by atoms with E-state index in [-0.39, 0.29) is 11.2 Å². The van der Waals surface area contributed by atoms with E-state index in [1.807, 2.05) is 12.1 Å². The fraction of sp³-hybridized carbons (Fsp3) is 0.560. The van der Waals surface area contributed by atoms with Crippen LogP contribution in [0.15, 0.2) is 42.7 Å². The van der Waals surface area contributed by atoms with Gasteiger partial charge in [-0.05, 0) is 75.3 Å². The number of anilines is 2. The monoisotopic (exact) mass is 460 g/mol. The molecule has 2 aromatic rings. The Balaban J connectivity index is 1.41. The lowest BCUT2D eigenvalue weighted by atomic mass is 9.58. The number of nitrogens with one attached hydrogen (secondary N) is 1. The molecule has 1 amide bonds. The van der Waals surface area contributed by atoms with E-state index in [9.17, 15) is 4.79 Å². The molecule has 2 aromatic heterocycles. The number of aromatic nitrogens is 2. The molecule has 4 rings (SSSR count). The van der Waals surface area contributed by atoms with E-state index < -0.39 is 0 Å². The summed E-state index contributed by atoms with van der Waals surface area (Å²) in [5, 5.41) is 3.05. The zero-order valence-electron chi connectivity index (χ0n) is 21.2. The van der Waals surface area contributed by atoms with Gasteiger partial charge in [-0.25, -0.2) is 4.98 Å². The smallest absolute Gasteiger partial charge is 0.274 e. The van der Waals surface area contributed by atoms with Gasteiger partial charge in [0.05, 0.1) is 0 Å². The molecule has 4 heterocycles. The zero-order chi connectivity index (χ0) is 24.1. The van der Waals surface area contributed by atoms with Crippen molar-refractivity contribution < 1.29 is 4.79 Å². The lowest BCUT2D eigenvalue weighted by Crippen LogP contribution is -2.58. The molecule has 1 N–H and O–H groups in total. The minimum absolute atomic E-state index is 0.147. The van der Waals surface area contributed by atoms with E-state index in [0.717, 1.165) is 37.6 Å². The summed E-state index contributed by atoms with van der Waals surface area (Å²) in [5.74, 6) is 0.685. The summed E-state index contributed by atoms with van der Waals surface area (Å²) in [4.78, 5) is 29.2. The van der Waals surface area contributed by atoms with Crippen molar-refractivity contribution in [3.63, 3.8) is 0 Å². The van der Waals surface area contributed by atoms with Crippen molar-refractivity contribution in [1.82, 2.24) is 19.8 Å². The summed E-state index contributed by atoms with van der Waals surface area (Å²) in [7, 11) is 4.78. The highest BCUT2D eigenvalue weighted by atomic mass is 16.1. The van der Waals surface area contributed by atoms with Crippen LogP contribution >= 0.6 is 0 Å². The van der Waals surface area contributed by atoms with Crippen LogP contribution in [-0.2, 0) is 0 Å². The molecule has 180 valence electrons. The van der Waals surface area contributed by atoms with Crippen molar-refractivity contribution in [3.8, 4) is 0 Å². The first-order valence-corrected chi connectivity index (χ1v) is 12.8. The van der Waals surface area contributed by atoms with Crippen molar-refractivity contribution in [2.24, 2.45) is 0 Å². The SMILES string of the molecule is BC1(B)CCN(c2cccc(C(=O)Nc3ccncc3)n2)CCN1C1CCN([C@H](C)CC)CC1. The Bertz CT molecular complexity index is 951. The second kappa shape index (κ2) is 10.9. The summed E-state index contributed by atoms with van der Waals surface area (Å²) in [6.07, 6.45) is 8.12. The molecule has 0 bridgehead atoms. The number of amides is 1. The van der Waals surface area contributed by atoms with Gasteiger partial charge in [0.15, 0.2) is 0 Å². The molecule has 1 atom stereocenters. The number of hydrogen-bond donors (Lipinski definition) is 1. The molecule has 0 aromatic carbocycles. The second-order valence-electron chi connectivity index (χ2n) is 10.3. The van der Waals surface area contributed by atoms with E-state index in [0.29, 0.717) is 17.8 Å². The summed E-state index contributed by atoms with van der Waals surface area (Å²) >= 11 is 0. The zero-order valence-corrected chi connectivity index (χ0v) is 21.2. The average Bonchev–Trinajstić information content (AvgIpc) is 3.02. The Kier molecular flexibility index (Phi) is 7.94. The standard InChI is InChI=1S/C25H38B2N6O/c1-3-19(2)31-14-9-21(10-15-31)33-18-17-32(16-11-25(33,26)27)23-6-4-5-22(30-23)24(34)29-20-7-12-28-13-8-20/h4-8,12-13,19,21H,3,9-11,14-18,26-27H2,1-2H3,(H,28,29,34)/t19-/m1/s1. The van der Waals surface area contributed by atoms with Crippen LogP contribution < -0.4 is 10.2 Å². The molecule has 2 aliphatic rings. The first kappa shape index (κ1) is 24.7. The average molecular weight is 460 g/mol. The number of carbonyl (C=O) groups excluding carboxylic acids is 1. The van der Waals surface area contributed by atoms with Crippen LogP contribution in [0.3, 0.4) is 0 Å². The van der Waals surface area contributed by atoms with Crippen LogP contribution in [0, 0.1) is 0 Å².